The molecule has 0 aliphatic heterocycles. The molecule has 0 aliphatic rings. The molecule has 1 rings (SSSR count). The molecule has 82 valence electrons. The van der Waals surface area contributed by atoms with E-state index >= 15 is 0 Å². The van der Waals surface area contributed by atoms with Crippen LogP contribution in [-0.4, -0.2) is 54.9 Å². The maximum absolute atomic E-state index is 6.01. The van der Waals surface area contributed by atoms with Gasteiger partial charge in [-0.15, -0.1) is 16.4 Å². The smallest absolute Gasteiger partial charge is 0.115 e. The zero-order chi connectivity index (χ0) is 15.4. The summed E-state index contributed by atoms with van der Waals surface area (Å²) in [5.74, 6) is 0. The fourth-order valence-electron chi connectivity index (χ4n) is 1.69. The summed E-state index contributed by atoms with van der Waals surface area (Å²) in [5, 5.41) is 0. The van der Waals surface area contributed by atoms with Crippen LogP contribution in [0.15, 0.2) is 33.0 Å². The lowest BCUT2D eigenvalue weighted by Gasteiger charge is -2.20. The molecule has 0 nitrogen and oxygen atoms in total. The Balaban J connectivity index is 3.62. The highest BCUT2D eigenvalue weighted by Gasteiger charge is 2.12. The number of halogens is 1. The second-order valence-corrected chi connectivity index (χ2v) is 5.06. The van der Waals surface area contributed by atoms with Gasteiger partial charge in [0.2, 0.25) is 0 Å². The van der Waals surface area contributed by atoms with Gasteiger partial charge in [0, 0.05) is 4.47 Å². The molecular weight excluding hydrogens is 300 g/mol. The van der Waals surface area contributed by atoms with Crippen molar-refractivity contribution >= 4 is 87.4 Å². The van der Waals surface area contributed by atoms with Gasteiger partial charge in [-0.1, -0.05) is 51.6 Å². The third kappa shape index (κ3) is 3.84. The Labute approximate surface area is 138 Å². The monoisotopic (exact) mass is 306 g/mol. The Kier molecular flexibility index (Phi) is 6.71. The van der Waals surface area contributed by atoms with Gasteiger partial charge in [0.15, 0.2) is 0 Å². The topological polar surface area (TPSA) is 0 Å². The SMILES string of the molecule is [B]C/C([B])=C([B])\C(=C(\[B])C[B])c1cc([B])c(Br)cc1[B]. The van der Waals surface area contributed by atoms with Crippen molar-refractivity contribution in [3.8, 4) is 0 Å². The number of hydrogen-bond acceptors (Lipinski definition) is 0. The molecule has 1 aromatic rings. The molecule has 0 atom stereocenters. The first-order valence-corrected chi connectivity index (χ1v) is 6.60. The van der Waals surface area contributed by atoms with Gasteiger partial charge in [-0.05, 0) is 11.1 Å². The number of allylic oxidation sites excluding steroid dienone is 4. The second-order valence-electron chi connectivity index (χ2n) is 4.21. The summed E-state index contributed by atoms with van der Waals surface area (Å²) < 4.78 is 0.679. The van der Waals surface area contributed by atoms with Crippen molar-refractivity contribution in [1.29, 1.82) is 0 Å². The zero-order valence-electron chi connectivity index (χ0n) is 11.0. The molecule has 0 aromatic heterocycles. The van der Waals surface area contributed by atoms with E-state index in [4.69, 9.17) is 54.9 Å². The summed E-state index contributed by atoms with van der Waals surface area (Å²) in [7, 11) is 40.7. The highest BCUT2D eigenvalue weighted by molar-refractivity contribution is 9.10. The second kappa shape index (κ2) is 7.59. The fourth-order valence-corrected chi connectivity index (χ4v) is 2.05. The largest absolute Gasteiger partial charge is 0.132 e. The third-order valence-electron chi connectivity index (χ3n) is 2.81. The molecule has 0 aliphatic carbocycles. The van der Waals surface area contributed by atoms with Gasteiger partial charge < -0.3 is 0 Å². The van der Waals surface area contributed by atoms with Gasteiger partial charge in [0.25, 0.3) is 0 Å². The Morgan fingerprint density at radius 1 is 0.900 bits per heavy atom. The van der Waals surface area contributed by atoms with Crippen molar-refractivity contribution < 1.29 is 0 Å². The molecule has 0 unspecified atom stereocenters. The predicted octanol–water partition coefficient (Wildman–Crippen LogP) is -0.362. The summed E-state index contributed by atoms with van der Waals surface area (Å²) >= 11 is 3.30. The molecule has 0 spiro atoms. The van der Waals surface area contributed by atoms with Crippen LogP contribution in [0, 0.1) is 0 Å². The maximum atomic E-state index is 6.01. The summed E-state index contributed by atoms with van der Waals surface area (Å²) in [6.07, 6.45) is 0.197. The molecule has 0 fully saturated rings. The van der Waals surface area contributed by atoms with Crippen molar-refractivity contribution in [1.82, 2.24) is 0 Å². The average molecular weight is 306 g/mol. The maximum Gasteiger partial charge on any atom is 0.115 e. The highest BCUT2D eigenvalue weighted by atomic mass is 79.9. The third-order valence-corrected chi connectivity index (χ3v) is 3.50. The van der Waals surface area contributed by atoms with E-state index < -0.39 is 0 Å². The lowest BCUT2D eigenvalue weighted by atomic mass is 9.64. The lowest BCUT2D eigenvalue weighted by molar-refractivity contribution is 1.54. The average Bonchev–Trinajstić information content (AvgIpc) is 2.43. The number of rotatable bonds is 4. The lowest BCUT2D eigenvalue weighted by Crippen LogP contribution is -2.19. The van der Waals surface area contributed by atoms with Crippen molar-refractivity contribution in [2.24, 2.45) is 0 Å². The summed E-state index contributed by atoms with van der Waals surface area (Å²) in [6, 6.07) is 3.33. The Bertz CT molecular complexity index is 577. The quantitative estimate of drug-likeness (QED) is 0.526. The van der Waals surface area contributed by atoms with Crippen molar-refractivity contribution in [2.45, 2.75) is 12.6 Å². The molecule has 0 N–H and O–H groups in total. The summed E-state index contributed by atoms with van der Waals surface area (Å²) in [5.41, 5.74) is 2.89. The van der Waals surface area contributed by atoms with Crippen LogP contribution >= 0.6 is 15.9 Å². The molecular formula is C12H6B7Br. The number of hydrogen-bond donors (Lipinski definition) is 0. The van der Waals surface area contributed by atoms with E-state index in [1.165, 1.54) is 0 Å². The van der Waals surface area contributed by atoms with Crippen LogP contribution in [0.5, 0.6) is 0 Å². The molecule has 1 aromatic carbocycles. The van der Waals surface area contributed by atoms with Crippen LogP contribution in [0.3, 0.4) is 0 Å². The van der Waals surface area contributed by atoms with E-state index in [0.29, 0.717) is 37.5 Å². The van der Waals surface area contributed by atoms with Gasteiger partial charge in [-0.3, -0.25) is 0 Å². The molecule has 0 amide bonds. The molecule has 0 saturated heterocycles. The highest BCUT2D eigenvalue weighted by Crippen LogP contribution is 2.26. The van der Waals surface area contributed by atoms with Crippen LogP contribution in [-0.2, 0) is 0 Å². The Morgan fingerprint density at radius 2 is 1.45 bits per heavy atom. The molecule has 0 bridgehead atoms. The van der Waals surface area contributed by atoms with Crippen LogP contribution in [0.2, 0.25) is 12.6 Å². The van der Waals surface area contributed by atoms with Crippen LogP contribution in [0.4, 0.5) is 0 Å². The van der Waals surface area contributed by atoms with E-state index in [2.05, 4.69) is 15.9 Å². The van der Waals surface area contributed by atoms with Crippen LogP contribution in [0.25, 0.3) is 5.57 Å². The summed E-state index contributed by atoms with van der Waals surface area (Å²) in [4.78, 5) is 0. The van der Waals surface area contributed by atoms with Gasteiger partial charge in [-0.25, -0.2) is 0 Å². The molecule has 0 heterocycles. The van der Waals surface area contributed by atoms with Gasteiger partial charge in [-0.2, -0.15) is 0 Å². The minimum absolute atomic E-state index is 0.0963. The first-order valence-electron chi connectivity index (χ1n) is 5.81. The van der Waals surface area contributed by atoms with Crippen molar-refractivity contribution in [3.63, 3.8) is 0 Å². The van der Waals surface area contributed by atoms with Crippen LogP contribution < -0.4 is 10.9 Å². The van der Waals surface area contributed by atoms with E-state index in [1.54, 1.807) is 12.1 Å². The van der Waals surface area contributed by atoms with E-state index in [-0.39, 0.29) is 18.1 Å². The summed E-state index contributed by atoms with van der Waals surface area (Å²) in [6.45, 7) is 0. The molecule has 0 saturated carbocycles. The van der Waals surface area contributed by atoms with Crippen LogP contribution in [0.1, 0.15) is 5.56 Å². The predicted molar refractivity (Wildman–Crippen MR) is 97.2 cm³/mol. The fraction of sp³-hybridized carbons (Fsp3) is 0.167. The normalized spacial score (nSPS) is 13.7. The number of benzene rings is 1. The minimum Gasteiger partial charge on any atom is -0.132 e. The van der Waals surface area contributed by atoms with Crippen molar-refractivity contribution in [3.05, 3.63) is 38.6 Å². The van der Waals surface area contributed by atoms with Crippen molar-refractivity contribution in [2.75, 3.05) is 0 Å². The van der Waals surface area contributed by atoms with E-state index in [1.807, 2.05) is 0 Å². The zero-order valence-corrected chi connectivity index (χ0v) is 12.6. The standard InChI is InChI=1S/C12H6B7Br/c13-3-8(17)11(12(19)9(18)4-14)5-1-7(16)10(20)2-6(5)15/h1-2H,3-4H2/b11-8+,12-9-. The Hall–Kier alpha value is -0.365. The first kappa shape index (κ1) is 17.7. The van der Waals surface area contributed by atoms with Gasteiger partial charge >= 0.3 is 0 Å². The van der Waals surface area contributed by atoms with Gasteiger partial charge in [0.05, 0.1) is 15.7 Å². The van der Waals surface area contributed by atoms with E-state index in [9.17, 15) is 0 Å². The minimum atomic E-state index is 0.0963. The first-order chi connectivity index (χ1) is 9.33. The molecule has 20 heavy (non-hydrogen) atoms. The molecule has 14 radical (unpaired) electrons. The Morgan fingerprint density at radius 3 is 1.95 bits per heavy atom. The van der Waals surface area contributed by atoms with Gasteiger partial charge in [0.1, 0.15) is 39.2 Å². The van der Waals surface area contributed by atoms with E-state index in [0.717, 1.165) is 0 Å². The molecule has 8 heteroatoms.